The van der Waals surface area contributed by atoms with Crippen molar-refractivity contribution in [3.05, 3.63) is 0 Å². The van der Waals surface area contributed by atoms with E-state index in [1.54, 1.807) is 0 Å². The van der Waals surface area contributed by atoms with E-state index in [0.717, 1.165) is 0 Å². The fourth-order valence-corrected chi connectivity index (χ4v) is 3.27. The Morgan fingerprint density at radius 1 is 1.30 bits per heavy atom. The summed E-state index contributed by atoms with van der Waals surface area (Å²) in [7, 11) is 0. The topological polar surface area (TPSA) is 12.0 Å². The Balaban J connectivity index is 0.000000500. The Hall–Kier alpha value is 0.600. The van der Waals surface area contributed by atoms with Crippen LogP contribution in [-0.4, -0.2) is 23.6 Å². The Bertz CT molecular complexity index is 88.7. The van der Waals surface area contributed by atoms with Crippen LogP contribution in [0.3, 0.4) is 0 Å². The van der Waals surface area contributed by atoms with Crippen molar-refractivity contribution >= 4 is 24.2 Å². The van der Waals surface area contributed by atoms with Crippen LogP contribution in [0.25, 0.3) is 0 Å². The molecule has 0 aliphatic carbocycles. The van der Waals surface area contributed by atoms with Gasteiger partial charge in [0.1, 0.15) is 0 Å². The van der Waals surface area contributed by atoms with Gasteiger partial charge in [0, 0.05) is 11.3 Å². The molecule has 0 bridgehead atoms. The molecule has 3 heteroatoms. The van der Waals surface area contributed by atoms with E-state index in [1.165, 1.54) is 37.3 Å². The van der Waals surface area contributed by atoms with Gasteiger partial charge in [0.2, 0.25) is 0 Å². The van der Waals surface area contributed by atoms with Crippen molar-refractivity contribution in [2.75, 3.05) is 18.1 Å². The highest BCUT2D eigenvalue weighted by Gasteiger charge is 2.36. The summed E-state index contributed by atoms with van der Waals surface area (Å²) in [6.07, 6.45) is 4.25. The van der Waals surface area contributed by atoms with Crippen LogP contribution in [0.15, 0.2) is 0 Å². The van der Waals surface area contributed by atoms with Crippen molar-refractivity contribution < 1.29 is 0 Å². The largest absolute Gasteiger partial charge is 0.310 e. The van der Waals surface area contributed by atoms with Crippen LogP contribution in [0.5, 0.6) is 0 Å². The molecule has 10 heavy (non-hydrogen) atoms. The highest BCUT2D eigenvalue weighted by Crippen LogP contribution is 2.34. The fourth-order valence-electron chi connectivity index (χ4n) is 1.81. The van der Waals surface area contributed by atoms with Gasteiger partial charge in [0.15, 0.2) is 0 Å². The van der Waals surface area contributed by atoms with Crippen molar-refractivity contribution in [2.45, 2.75) is 24.8 Å². The van der Waals surface area contributed by atoms with E-state index in [-0.39, 0.29) is 12.4 Å². The molecule has 2 heterocycles. The van der Waals surface area contributed by atoms with Crippen molar-refractivity contribution in [1.82, 2.24) is 5.32 Å². The van der Waals surface area contributed by atoms with Crippen LogP contribution in [0.4, 0.5) is 0 Å². The monoisotopic (exact) mass is 179 g/mol. The molecule has 2 saturated heterocycles. The number of rotatable bonds is 0. The van der Waals surface area contributed by atoms with Crippen LogP contribution in [-0.2, 0) is 0 Å². The maximum absolute atomic E-state index is 3.61. The lowest BCUT2D eigenvalue weighted by molar-refractivity contribution is 0.427. The molecule has 60 valence electrons. The van der Waals surface area contributed by atoms with Gasteiger partial charge in [0.05, 0.1) is 0 Å². The second kappa shape index (κ2) is 3.33. The van der Waals surface area contributed by atoms with Gasteiger partial charge in [-0.25, -0.2) is 0 Å². The standard InChI is InChI=1S/C7H13NS.ClH/c1-2-7(8-4-1)3-5-9-6-7;/h8H,1-6H2;1H. The Kier molecular flexibility index (Phi) is 2.90. The average Bonchev–Trinajstić information content (AvgIpc) is 2.45. The van der Waals surface area contributed by atoms with Gasteiger partial charge in [-0.05, 0) is 31.6 Å². The number of nitrogens with one attached hydrogen (secondary N) is 1. The van der Waals surface area contributed by atoms with Gasteiger partial charge in [-0.3, -0.25) is 0 Å². The quantitative estimate of drug-likeness (QED) is 0.607. The van der Waals surface area contributed by atoms with E-state index in [4.69, 9.17) is 0 Å². The predicted octanol–water partition coefficient (Wildman–Crippen LogP) is 1.67. The lowest BCUT2D eigenvalue weighted by Gasteiger charge is -2.21. The molecule has 1 atom stereocenters. The first-order valence-corrected chi connectivity index (χ1v) is 4.90. The summed E-state index contributed by atoms with van der Waals surface area (Å²) in [5.74, 6) is 2.75. The van der Waals surface area contributed by atoms with Gasteiger partial charge in [-0.2, -0.15) is 11.8 Å². The first-order valence-electron chi connectivity index (χ1n) is 3.74. The normalized spacial score (nSPS) is 38.4. The second-order valence-corrected chi connectivity index (χ2v) is 4.22. The van der Waals surface area contributed by atoms with Gasteiger partial charge in [-0.1, -0.05) is 0 Å². The summed E-state index contributed by atoms with van der Waals surface area (Å²) in [5, 5.41) is 3.61. The first-order chi connectivity index (χ1) is 4.41. The second-order valence-electron chi connectivity index (χ2n) is 3.11. The molecule has 1 N–H and O–H groups in total. The van der Waals surface area contributed by atoms with E-state index in [9.17, 15) is 0 Å². The summed E-state index contributed by atoms with van der Waals surface area (Å²) in [4.78, 5) is 0. The van der Waals surface area contributed by atoms with E-state index >= 15 is 0 Å². The third-order valence-electron chi connectivity index (χ3n) is 2.44. The van der Waals surface area contributed by atoms with Crippen LogP contribution in [0.2, 0.25) is 0 Å². The highest BCUT2D eigenvalue weighted by molar-refractivity contribution is 7.99. The molecule has 0 saturated carbocycles. The minimum atomic E-state index is 0. The zero-order valence-electron chi connectivity index (χ0n) is 6.06. The number of thioether (sulfide) groups is 1. The van der Waals surface area contributed by atoms with Gasteiger partial charge >= 0.3 is 0 Å². The predicted molar refractivity (Wildman–Crippen MR) is 49.2 cm³/mol. The number of hydrogen-bond acceptors (Lipinski definition) is 2. The SMILES string of the molecule is C1CNC2(C1)CCSC2.Cl. The first kappa shape index (κ1) is 8.69. The van der Waals surface area contributed by atoms with E-state index in [1.807, 2.05) is 0 Å². The molecule has 2 fully saturated rings. The van der Waals surface area contributed by atoms with Crippen molar-refractivity contribution in [3.8, 4) is 0 Å². The van der Waals surface area contributed by atoms with Crippen molar-refractivity contribution in [1.29, 1.82) is 0 Å². The van der Waals surface area contributed by atoms with Crippen LogP contribution >= 0.6 is 24.2 Å². The van der Waals surface area contributed by atoms with Crippen LogP contribution in [0, 0.1) is 0 Å². The molecular weight excluding hydrogens is 166 g/mol. The third kappa shape index (κ3) is 1.44. The summed E-state index contributed by atoms with van der Waals surface area (Å²) < 4.78 is 0. The molecule has 0 amide bonds. The minimum absolute atomic E-state index is 0. The summed E-state index contributed by atoms with van der Waals surface area (Å²) in [5.41, 5.74) is 0.602. The molecule has 0 aromatic rings. The third-order valence-corrected chi connectivity index (χ3v) is 3.68. The summed E-state index contributed by atoms with van der Waals surface area (Å²) in [6.45, 7) is 1.26. The molecule has 1 nitrogen and oxygen atoms in total. The number of hydrogen-bond donors (Lipinski definition) is 1. The lowest BCUT2D eigenvalue weighted by Crippen LogP contribution is -2.39. The molecule has 0 aromatic heterocycles. The maximum Gasteiger partial charge on any atom is 0.0280 e. The fraction of sp³-hybridized carbons (Fsp3) is 1.00. The van der Waals surface area contributed by atoms with E-state index in [0.29, 0.717) is 5.54 Å². The highest BCUT2D eigenvalue weighted by atomic mass is 35.5. The van der Waals surface area contributed by atoms with Gasteiger partial charge in [-0.15, -0.1) is 12.4 Å². The molecule has 2 aliphatic heterocycles. The summed E-state index contributed by atoms with van der Waals surface area (Å²) in [6, 6.07) is 0. The molecule has 1 spiro atoms. The van der Waals surface area contributed by atoms with Crippen LogP contribution < -0.4 is 5.32 Å². The molecule has 2 rings (SSSR count). The zero-order chi connectivity index (χ0) is 6.16. The zero-order valence-corrected chi connectivity index (χ0v) is 7.69. The molecular formula is C7H14ClNS. The van der Waals surface area contributed by atoms with Crippen molar-refractivity contribution in [2.24, 2.45) is 0 Å². The van der Waals surface area contributed by atoms with Gasteiger partial charge < -0.3 is 5.32 Å². The maximum atomic E-state index is 3.61. The Morgan fingerprint density at radius 3 is 2.70 bits per heavy atom. The molecule has 1 unspecified atom stereocenters. The van der Waals surface area contributed by atoms with E-state index in [2.05, 4.69) is 17.1 Å². The number of halogens is 1. The minimum Gasteiger partial charge on any atom is -0.310 e. The van der Waals surface area contributed by atoms with Crippen LogP contribution in [0.1, 0.15) is 19.3 Å². The van der Waals surface area contributed by atoms with E-state index < -0.39 is 0 Å². The van der Waals surface area contributed by atoms with Gasteiger partial charge in [0.25, 0.3) is 0 Å². The smallest absolute Gasteiger partial charge is 0.0280 e. The molecule has 0 radical (unpaired) electrons. The Morgan fingerprint density at radius 2 is 2.20 bits per heavy atom. The Labute approximate surface area is 72.7 Å². The van der Waals surface area contributed by atoms with Crippen molar-refractivity contribution in [3.63, 3.8) is 0 Å². The lowest BCUT2D eigenvalue weighted by atomic mass is 9.97. The molecule has 0 aromatic carbocycles. The molecule has 2 aliphatic rings. The summed E-state index contributed by atoms with van der Waals surface area (Å²) >= 11 is 2.11. The average molecular weight is 180 g/mol.